The van der Waals surface area contributed by atoms with Gasteiger partial charge in [0.2, 0.25) is 0 Å². The van der Waals surface area contributed by atoms with Crippen LogP contribution >= 0.6 is 22.9 Å². The summed E-state index contributed by atoms with van der Waals surface area (Å²) < 4.78 is 1.02. The number of aliphatic carboxylic acids is 1. The maximum atomic E-state index is 12.3. The number of benzene rings is 3. The van der Waals surface area contributed by atoms with Gasteiger partial charge in [-0.25, -0.2) is 9.78 Å². The summed E-state index contributed by atoms with van der Waals surface area (Å²) in [6.07, 6.45) is 0.324. The van der Waals surface area contributed by atoms with Crippen molar-refractivity contribution >= 4 is 55.8 Å². The topological polar surface area (TPSA) is 91.3 Å². The first-order chi connectivity index (χ1) is 15.4. The number of nitrogens with one attached hydrogen (secondary N) is 2. The van der Waals surface area contributed by atoms with E-state index in [9.17, 15) is 9.59 Å². The SMILES string of the molecule is CC[C@H](NC(=O)c1ccc(-c2ccc(Nc3nc4ccc(Cl)cc4s3)cc2)cc1)C(=O)O. The highest BCUT2D eigenvalue weighted by Gasteiger charge is 2.18. The molecule has 0 spiro atoms. The fraction of sp³-hybridized carbons (Fsp3) is 0.125. The van der Waals surface area contributed by atoms with Crippen LogP contribution in [-0.4, -0.2) is 28.0 Å². The normalized spacial score (nSPS) is 11.8. The number of amides is 1. The van der Waals surface area contributed by atoms with Crippen LogP contribution in [0, 0.1) is 0 Å². The third-order valence-electron chi connectivity index (χ3n) is 4.98. The molecule has 4 aromatic rings. The summed E-state index contributed by atoms with van der Waals surface area (Å²) in [5.41, 5.74) is 4.18. The van der Waals surface area contributed by atoms with Gasteiger partial charge in [0.25, 0.3) is 5.91 Å². The lowest BCUT2D eigenvalue weighted by Gasteiger charge is -2.12. The van der Waals surface area contributed by atoms with Crippen LogP contribution in [0.2, 0.25) is 5.02 Å². The van der Waals surface area contributed by atoms with Gasteiger partial charge < -0.3 is 15.7 Å². The van der Waals surface area contributed by atoms with Crippen molar-refractivity contribution in [3.63, 3.8) is 0 Å². The first kappa shape index (κ1) is 21.8. The quantitative estimate of drug-likeness (QED) is 0.313. The fourth-order valence-corrected chi connectivity index (χ4v) is 4.38. The smallest absolute Gasteiger partial charge is 0.326 e. The molecule has 0 aliphatic heterocycles. The van der Waals surface area contributed by atoms with Crippen molar-refractivity contribution in [3.05, 3.63) is 77.3 Å². The lowest BCUT2D eigenvalue weighted by molar-refractivity contribution is -0.139. The minimum Gasteiger partial charge on any atom is -0.480 e. The molecule has 32 heavy (non-hydrogen) atoms. The van der Waals surface area contributed by atoms with Crippen LogP contribution in [0.1, 0.15) is 23.7 Å². The Balaban J connectivity index is 1.44. The number of carbonyl (C=O) groups is 2. The Labute approximate surface area is 193 Å². The fourth-order valence-electron chi connectivity index (χ4n) is 3.22. The molecule has 3 N–H and O–H groups in total. The van der Waals surface area contributed by atoms with E-state index in [2.05, 4.69) is 15.6 Å². The molecule has 4 rings (SSSR count). The van der Waals surface area contributed by atoms with E-state index < -0.39 is 17.9 Å². The number of thiazole rings is 1. The molecule has 8 heteroatoms. The second-order valence-electron chi connectivity index (χ2n) is 7.18. The Morgan fingerprint density at radius 1 is 1.03 bits per heavy atom. The van der Waals surface area contributed by atoms with E-state index in [4.69, 9.17) is 16.7 Å². The summed E-state index contributed by atoms with van der Waals surface area (Å²) in [5, 5.41) is 16.4. The molecule has 0 aliphatic rings. The van der Waals surface area contributed by atoms with Crippen LogP contribution in [0.25, 0.3) is 21.3 Å². The minimum absolute atomic E-state index is 0.324. The Hall–Kier alpha value is -3.42. The number of carboxylic acid groups (broad SMARTS) is 1. The number of nitrogens with zero attached hydrogens (tertiary/aromatic N) is 1. The molecule has 0 aliphatic carbocycles. The van der Waals surface area contributed by atoms with E-state index in [1.165, 1.54) is 11.3 Å². The molecule has 3 aromatic carbocycles. The Bertz CT molecular complexity index is 1270. The highest BCUT2D eigenvalue weighted by atomic mass is 35.5. The summed E-state index contributed by atoms with van der Waals surface area (Å²) in [6, 6.07) is 19.7. The van der Waals surface area contributed by atoms with Crippen LogP contribution in [0.4, 0.5) is 10.8 Å². The highest BCUT2D eigenvalue weighted by molar-refractivity contribution is 7.22. The van der Waals surface area contributed by atoms with E-state index in [1.807, 2.05) is 54.6 Å². The number of anilines is 2. The molecule has 1 heterocycles. The van der Waals surface area contributed by atoms with Gasteiger partial charge >= 0.3 is 5.97 Å². The van der Waals surface area contributed by atoms with Gasteiger partial charge in [-0.15, -0.1) is 0 Å². The highest BCUT2D eigenvalue weighted by Crippen LogP contribution is 2.31. The molecule has 0 unspecified atom stereocenters. The van der Waals surface area contributed by atoms with Gasteiger partial charge in [-0.3, -0.25) is 4.79 Å². The van der Waals surface area contributed by atoms with Crippen molar-refractivity contribution in [2.24, 2.45) is 0 Å². The summed E-state index contributed by atoms with van der Waals surface area (Å²) in [7, 11) is 0. The van der Waals surface area contributed by atoms with Gasteiger partial charge in [0.1, 0.15) is 6.04 Å². The second-order valence-corrected chi connectivity index (χ2v) is 8.65. The van der Waals surface area contributed by atoms with Gasteiger partial charge in [0.15, 0.2) is 5.13 Å². The number of rotatable bonds is 7. The van der Waals surface area contributed by atoms with Crippen molar-refractivity contribution < 1.29 is 14.7 Å². The molecule has 0 bridgehead atoms. The summed E-state index contributed by atoms with van der Waals surface area (Å²) >= 11 is 7.58. The van der Waals surface area contributed by atoms with E-state index in [0.717, 1.165) is 32.2 Å². The molecule has 0 radical (unpaired) electrons. The lowest BCUT2D eigenvalue weighted by atomic mass is 10.0. The van der Waals surface area contributed by atoms with E-state index >= 15 is 0 Å². The molecule has 0 saturated carbocycles. The van der Waals surface area contributed by atoms with Crippen molar-refractivity contribution in [2.75, 3.05) is 5.32 Å². The zero-order valence-corrected chi connectivity index (χ0v) is 18.7. The van der Waals surface area contributed by atoms with E-state index in [-0.39, 0.29) is 0 Å². The predicted molar refractivity (Wildman–Crippen MR) is 129 cm³/mol. The van der Waals surface area contributed by atoms with Gasteiger partial charge in [0, 0.05) is 16.3 Å². The van der Waals surface area contributed by atoms with Gasteiger partial charge in [0.05, 0.1) is 10.2 Å². The Kier molecular flexibility index (Phi) is 6.39. The third kappa shape index (κ3) is 4.90. The zero-order valence-electron chi connectivity index (χ0n) is 17.1. The number of halogens is 1. The van der Waals surface area contributed by atoms with Gasteiger partial charge in [-0.05, 0) is 60.0 Å². The first-order valence-corrected chi connectivity index (χ1v) is 11.2. The largest absolute Gasteiger partial charge is 0.480 e. The number of hydrogen-bond acceptors (Lipinski definition) is 5. The first-order valence-electron chi connectivity index (χ1n) is 10.00. The molecule has 1 amide bonds. The third-order valence-corrected chi connectivity index (χ3v) is 6.15. The van der Waals surface area contributed by atoms with Crippen molar-refractivity contribution in [3.8, 4) is 11.1 Å². The molecule has 1 atom stereocenters. The predicted octanol–water partition coefficient (Wildman–Crippen LogP) is 5.95. The summed E-state index contributed by atoms with van der Waals surface area (Å²) in [6.45, 7) is 1.72. The molecular formula is C24H20ClN3O3S. The molecular weight excluding hydrogens is 446 g/mol. The zero-order chi connectivity index (χ0) is 22.7. The van der Waals surface area contributed by atoms with Crippen LogP contribution in [0.3, 0.4) is 0 Å². The van der Waals surface area contributed by atoms with Gasteiger partial charge in [-0.1, -0.05) is 54.1 Å². The van der Waals surface area contributed by atoms with E-state index in [1.54, 1.807) is 19.1 Å². The molecule has 1 aromatic heterocycles. The average molecular weight is 466 g/mol. The van der Waals surface area contributed by atoms with Crippen LogP contribution in [0.5, 0.6) is 0 Å². The van der Waals surface area contributed by atoms with Crippen LogP contribution < -0.4 is 10.6 Å². The number of fused-ring (bicyclic) bond motifs is 1. The molecule has 0 saturated heterocycles. The molecule has 162 valence electrons. The Morgan fingerprint density at radius 3 is 2.31 bits per heavy atom. The van der Waals surface area contributed by atoms with Crippen molar-refractivity contribution in [2.45, 2.75) is 19.4 Å². The maximum Gasteiger partial charge on any atom is 0.326 e. The average Bonchev–Trinajstić information content (AvgIpc) is 3.19. The second kappa shape index (κ2) is 9.38. The number of hydrogen-bond donors (Lipinski definition) is 3. The number of carboxylic acids is 1. The number of carbonyl (C=O) groups excluding carboxylic acids is 1. The standard InChI is InChI=1S/C24H20ClN3O3S/c1-2-19(23(30)31)27-22(29)16-5-3-14(4-6-16)15-7-10-18(11-8-15)26-24-28-20-12-9-17(25)13-21(20)32-24/h3-13,19H,2H2,1H3,(H,26,28)(H,27,29)(H,30,31)/t19-/m0/s1. The molecule has 0 fully saturated rings. The van der Waals surface area contributed by atoms with Crippen LogP contribution in [0.15, 0.2) is 66.7 Å². The minimum atomic E-state index is -1.04. The molecule has 6 nitrogen and oxygen atoms in total. The summed E-state index contributed by atoms with van der Waals surface area (Å²) in [4.78, 5) is 28.0. The maximum absolute atomic E-state index is 12.3. The van der Waals surface area contributed by atoms with E-state index in [0.29, 0.717) is 17.0 Å². The van der Waals surface area contributed by atoms with Crippen molar-refractivity contribution in [1.82, 2.24) is 10.3 Å². The monoisotopic (exact) mass is 465 g/mol. The number of aromatic nitrogens is 1. The van der Waals surface area contributed by atoms with Crippen LogP contribution in [-0.2, 0) is 4.79 Å². The van der Waals surface area contributed by atoms with Crippen molar-refractivity contribution in [1.29, 1.82) is 0 Å². The summed E-state index contributed by atoms with van der Waals surface area (Å²) in [5.74, 6) is -1.44. The van der Waals surface area contributed by atoms with Gasteiger partial charge in [-0.2, -0.15) is 0 Å². The lowest BCUT2D eigenvalue weighted by Crippen LogP contribution is -2.40. The Morgan fingerprint density at radius 2 is 1.69 bits per heavy atom.